The Labute approximate surface area is 182 Å². The van der Waals surface area contributed by atoms with Crippen LogP contribution in [0.3, 0.4) is 0 Å². The minimum atomic E-state index is -0.323. The first kappa shape index (κ1) is 21.4. The third-order valence-electron chi connectivity index (χ3n) is 5.04. The molecule has 0 unspecified atom stereocenters. The van der Waals surface area contributed by atoms with Gasteiger partial charge < -0.3 is 15.0 Å². The lowest BCUT2D eigenvalue weighted by atomic mass is 9.99. The molecule has 2 aromatic rings. The van der Waals surface area contributed by atoms with Crippen LogP contribution in [0.25, 0.3) is 0 Å². The van der Waals surface area contributed by atoms with E-state index in [1.54, 1.807) is 0 Å². The minimum absolute atomic E-state index is 0.111. The second-order valence-electron chi connectivity index (χ2n) is 7.39. The van der Waals surface area contributed by atoms with E-state index in [4.69, 9.17) is 28.6 Å². The zero-order chi connectivity index (χ0) is 20.8. The van der Waals surface area contributed by atoms with E-state index < -0.39 is 0 Å². The van der Waals surface area contributed by atoms with Gasteiger partial charge in [0.1, 0.15) is 5.75 Å². The lowest BCUT2D eigenvalue weighted by molar-refractivity contribution is -0.121. The predicted octanol–water partition coefficient (Wildman–Crippen LogP) is 4.78. The van der Waals surface area contributed by atoms with Crippen molar-refractivity contribution in [3.05, 3.63) is 53.1 Å². The Morgan fingerprint density at radius 2 is 1.97 bits per heavy atom. The van der Waals surface area contributed by atoms with Crippen molar-refractivity contribution in [2.45, 2.75) is 26.7 Å². The maximum atomic E-state index is 12.1. The lowest BCUT2D eigenvalue weighted by Crippen LogP contribution is -2.37. The first-order valence-electron chi connectivity index (χ1n) is 9.76. The highest BCUT2D eigenvalue weighted by molar-refractivity contribution is 7.80. The summed E-state index contributed by atoms with van der Waals surface area (Å²) in [6.07, 6.45) is 2.36. The van der Waals surface area contributed by atoms with Gasteiger partial charge in [-0.05, 0) is 67.7 Å². The summed E-state index contributed by atoms with van der Waals surface area (Å²) in [7, 11) is 0. The number of nitrogens with zero attached hydrogens (tertiary/aromatic N) is 1. The molecule has 29 heavy (non-hydrogen) atoms. The van der Waals surface area contributed by atoms with Gasteiger partial charge in [-0.2, -0.15) is 0 Å². The smallest absolute Gasteiger partial charge is 0.264 e. The van der Waals surface area contributed by atoms with E-state index in [0.717, 1.165) is 35.9 Å². The van der Waals surface area contributed by atoms with Crippen LogP contribution in [0, 0.1) is 12.8 Å². The van der Waals surface area contributed by atoms with Crippen molar-refractivity contribution in [1.29, 1.82) is 0 Å². The average molecular weight is 432 g/mol. The van der Waals surface area contributed by atoms with Crippen LogP contribution >= 0.6 is 23.8 Å². The summed E-state index contributed by atoms with van der Waals surface area (Å²) in [6.45, 7) is 6.14. The number of piperidine rings is 1. The van der Waals surface area contributed by atoms with E-state index in [1.807, 2.05) is 49.4 Å². The molecule has 0 aromatic heterocycles. The molecule has 1 aliphatic heterocycles. The number of aryl methyl sites for hydroxylation is 1. The fraction of sp³-hybridized carbons (Fsp3) is 0.364. The van der Waals surface area contributed by atoms with E-state index in [2.05, 4.69) is 22.5 Å². The normalized spacial score (nSPS) is 14.4. The van der Waals surface area contributed by atoms with Crippen molar-refractivity contribution in [2.75, 3.05) is 29.9 Å². The summed E-state index contributed by atoms with van der Waals surface area (Å²) in [5.74, 6) is 1.12. The summed E-state index contributed by atoms with van der Waals surface area (Å²) < 4.78 is 5.53. The predicted molar refractivity (Wildman–Crippen MR) is 123 cm³/mol. The van der Waals surface area contributed by atoms with Gasteiger partial charge in [0.25, 0.3) is 5.91 Å². The second-order valence-corrected chi connectivity index (χ2v) is 8.21. The number of ether oxygens (including phenoxy) is 1. The molecule has 1 aliphatic rings. The molecule has 0 atom stereocenters. The molecule has 0 bridgehead atoms. The number of thiocarbonyl (C=S) groups is 1. The molecular formula is C22H26ClN3O2S. The zero-order valence-corrected chi connectivity index (χ0v) is 18.3. The zero-order valence-electron chi connectivity index (χ0n) is 16.7. The van der Waals surface area contributed by atoms with Gasteiger partial charge >= 0.3 is 0 Å². The molecule has 2 aromatic carbocycles. The van der Waals surface area contributed by atoms with Gasteiger partial charge in [-0.15, -0.1) is 0 Å². The molecule has 2 N–H and O–H groups in total. The van der Waals surface area contributed by atoms with Gasteiger partial charge in [0.05, 0.1) is 10.7 Å². The van der Waals surface area contributed by atoms with Gasteiger partial charge in [-0.25, -0.2) is 0 Å². The number of benzene rings is 2. The van der Waals surface area contributed by atoms with Crippen LogP contribution in [0.5, 0.6) is 5.75 Å². The fourth-order valence-corrected chi connectivity index (χ4v) is 3.81. The molecular weight excluding hydrogens is 406 g/mol. The monoisotopic (exact) mass is 431 g/mol. The van der Waals surface area contributed by atoms with Crippen LogP contribution < -0.4 is 20.3 Å². The summed E-state index contributed by atoms with van der Waals surface area (Å²) in [6, 6.07) is 13.3. The minimum Gasteiger partial charge on any atom is -0.483 e. The van der Waals surface area contributed by atoms with Crippen LogP contribution in [0.2, 0.25) is 5.02 Å². The first-order chi connectivity index (χ1) is 13.9. The number of rotatable bonds is 5. The standard InChI is InChI=1S/C22H26ClN3O2S/c1-15-9-11-26(12-10-15)19-8-7-17(13-18(19)23)24-22(29)25-21(27)14-28-20-6-4-3-5-16(20)2/h3-8,13,15H,9-12,14H2,1-2H3,(H2,24,25,27,29). The molecule has 1 fully saturated rings. The van der Waals surface area contributed by atoms with Gasteiger partial charge in [0.15, 0.2) is 11.7 Å². The molecule has 3 rings (SSSR count). The highest BCUT2D eigenvalue weighted by Gasteiger charge is 2.18. The average Bonchev–Trinajstić information content (AvgIpc) is 2.68. The van der Waals surface area contributed by atoms with Crippen molar-refractivity contribution in [3.63, 3.8) is 0 Å². The molecule has 154 valence electrons. The second kappa shape index (κ2) is 9.94. The van der Waals surface area contributed by atoms with Crippen molar-refractivity contribution in [3.8, 4) is 5.75 Å². The number of para-hydroxylation sites is 1. The molecule has 1 saturated heterocycles. The summed E-state index contributed by atoms with van der Waals surface area (Å²) in [5.41, 5.74) is 2.74. The van der Waals surface area contributed by atoms with Gasteiger partial charge in [-0.3, -0.25) is 10.1 Å². The van der Waals surface area contributed by atoms with Crippen LogP contribution in [-0.2, 0) is 4.79 Å². The Kier molecular flexibility index (Phi) is 7.34. The van der Waals surface area contributed by atoms with E-state index in [1.165, 1.54) is 12.8 Å². The van der Waals surface area contributed by atoms with Crippen LogP contribution in [0.4, 0.5) is 11.4 Å². The molecule has 1 amide bonds. The summed E-state index contributed by atoms with van der Waals surface area (Å²) in [5, 5.41) is 6.50. The molecule has 0 spiro atoms. The SMILES string of the molecule is Cc1ccccc1OCC(=O)NC(=S)Nc1ccc(N2CCC(C)CC2)c(Cl)c1. The third-order valence-corrected chi connectivity index (χ3v) is 5.54. The van der Waals surface area contributed by atoms with E-state index in [-0.39, 0.29) is 17.6 Å². The topological polar surface area (TPSA) is 53.6 Å². The van der Waals surface area contributed by atoms with Crippen molar-refractivity contribution in [1.82, 2.24) is 5.32 Å². The summed E-state index contributed by atoms with van der Waals surface area (Å²) in [4.78, 5) is 14.4. The van der Waals surface area contributed by atoms with E-state index >= 15 is 0 Å². The molecule has 0 saturated carbocycles. The largest absolute Gasteiger partial charge is 0.483 e. The number of halogens is 1. The van der Waals surface area contributed by atoms with Crippen molar-refractivity contribution < 1.29 is 9.53 Å². The molecule has 0 radical (unpaired) electrons. The van der Waals surface area contributed by atoms with Gasteiger partial charge in [-0.1, -0.05) is 36.7 Å². The lowest BCUT2D eigenvalue weighted by Gasteiger charge is -2.32. The highest BCUT2D eigenvalue weighted by Crippen LogP contribution is 2.31. The molecule has 7 heteroatoms. The Morgan fingerprint density at radius 3 is 2.66 bits per heavy atom. The highest BCUT2D eigenvalue weighted by atomic mass is 35.5. The number of hydrogen-bond donors (Lipinski definition) is 2. The molecule has 1 heterocycles. The van der Waals surface area contributed by atoms with E-state index in [0.29, 0.717) is 10.8 Å². The Balaban J connectivity index is 1.50. The van der Waals surface area contributed by atoms with Gasteiger partial charge in [0.2, 0.25) is 0 Å². The fourth-order valence-electron chi connectivity index (χ4n) is 3.28. The maximum absolute atomic E-state index is 12.1. The van der Waals surface area contributed by atoms with Crippen LogP contribution in [-0.4, -0.2) is 30.7 Å². The van der Waals surface area contributed by atoms with Crippen molar-refractivity contribution >= 4 is 46.2 Å². The number of amides is 1. The third kappa shape index (κ3) is 6.08. The Bertz CT molecular complexity index is 882. The Morgan fingerprint density at radius 1 is 1.24 bits per heavy atom. The molecule has 0 aliphatic carbocycles. The van der Waals surface area contributed by atoms with Crippen LogP contribution in [0.1, 0.15) is 25.3 Å². The van der Waals surface area contributed by atoms with Crippen LogP contribution in [0.15, 0.2) is 42.5 Å². The van der Waals surface area contributed by atoms with E-state index in [9.17, 15) is 4.79 Å². The van der Waals surface area contributed by atoms with Gasteiger partial charge in [0, 0.05) is 18.8 Å². The first-order valence-corrected chi connectivity index (χ1v) is 10.5. The molecule has 5 nitrogen and oxygen atoms in total. The number of nitrogens with one attached hydrogen (secondary N) is 2. The number of anilines is 2. The summed E-state index contributed by atoms with van der Waals surface area (Å²) >= 11 is 11.7. The number of carbonyl (C=O) groups excluding carboxylic acids is 1. The quantitative estimate of drug-likeness (QED) is 0.667. The Hall–Kier alpha value is -2.31. The maximum Gasteiger partial charge on any atom is 0.264 e. The number of carbonyl (C=O) groups is 1. The van der Waals surface area contributed by atoms with Crippen molar-refractivity contribution in [2.24, 2.45) is 5.92 Å². The number of hydrogen-bond acceptors (Lipinski definition) is 4.